The molecule has 0 saturated heterocycles. The van der Waals surface area contributed by atoms with Crippen molar-refractivity contribution in [1.29, 1.82) is 0 Å². The van der Waals surface area contributed by atoms with Gasteiger partial charge in [0.1, 0.15) is 11.6 Å². The SMILES string of the molecule is COc1ccc2c(C)cc(NNC(=O)c3ccc(S(=O)(=O)N(C)C)cc3)nc2c1. The molecule has 0 radical (unpaired) electrons. The molecule has 29 heavy (non-hydrogen) atoms. The molecule has 0 bridgehead atoms. The Morgan fingerprint density at radius 3 is 2.38 bits per heavy atom. The lowest BCUT2D eigenvalue weighted by atomic mass is 10.1. The van der Waals surface area contributed by atoms with Crippen LogP contribution in [-0.2, 0) is 10.0 Å². The number of hydrogen-bond donors (Lipinski definition) is 2. The van der Waals surface area contributed by atoms with Crippen LogP contribution in [0, 0.1) is 6.92 Å². The van der Waals surface area contributed by atoms with Gasteiger partial charge in [-0.2, -0.15) is 0 Å². The Morgan fingerprint density at radius 2 is 1.76 bits per heavy atom. The Labute approximate surface area is 169 Å². The third-order valence-corrected chi connectivity index (χ3v) is 6.25. The van der Waals surface area contributed by atoms with E-state index in [-0.39, 0.29) is 4.90 Å². The lowest BCUT2D eigenvalue weighted by Crippen LogP contribution is -2.30. The third kappa shape index (κ3) is 4.30. The van der Waals surface area contributed by atoms with Gasteiger partial charge in [0.15, 0.2) is 0 Å². The number of ether oxygens (including phenoxy) is 1. The number of fused-ring (bicyclic) bond motifs is 1. The van der Waals surface area contributed by atoms with Gasteiger partial charge in [-0.25, -0.2) is 17.7 Å². The van der Waals surface area contributed by atoms with Crippen LogP contribution in [0.1, 0.15) is 15.9 Å². The molecule has 0 atom stereocenters. The van der Waals surface area contributed by atoms with Crippen molar-refractivity contribution in [2.45, 2.75) is 11.8 Å². The molecule has 2 aromatic carbocycles. The highest BCUT2D eigenvalue weighted by Crippen LogP contribution is 2.24. The van der Waals surface area contributed by atoms with Gasteiger partial charge in [-0.3, -0.25) is 15.6 Å². The van der Waals surface area contributed by atoms with E-state index < -0.39 is 15.9 Å². The second-order valence-electron chi connectivity index (χ2n) is 6.60. The fraction of sp³-hybridized carbons (Fsp3) is 0.200. The van der Waals surface area contributed by atoms with E-state index in [1.54, 1.807) is 7.11 Å². The first kappa shape index (κ1) is 20.6. The van der Waals surface area contributed by atoms with Crippen molar-refractivity contribution in [3.05, 3.63) is 59.7 Å². The highest BCUT2D eigenvalue weighted by Gasteiger charge is 2.17. The Balaban J connectivity index is 1.75. The molecule has 3 aromatic rings. The van der Waals surface area contributed by atoms with Crippen molar-refractivity contribution in [3.63, 3.8) is 0 Å². The average molecular weight is 414 g/mol. The van der Waals surface area contributed by atoms with Crippen molar-refractivity contribution < 1.29 is 17.9 Å². The minimum atomic E-state index is -3.54. The molecule has 0 aliphatic carbocycles. The first-order chi connectivity index (χ1) is 13.7. The van der Waals surface area contributed by atoms with Gasteiger partial charge in [-0.05, 0) is 55.0 Å². The van der Waals surface area contributed by atoms with Crippen molar-refractivity contribution >= 4 is 32.7 Å². The molecule has 0 unspecified atom stereocenters. The van der Waals surface area contributed by atoms with Gasteiger partial charge in [0.2, 0.25) is 10.0 Å². The number of rotatable bonds is 6. The smallest absolute Gasteiger partial charge is 0.269 e. The maximum atomic E-state index is 12.4. The normalized spacial score (nSPS) is 11.5. The standard InChI is InChI=1S/C20H22N4O4S/c1-13-11-19(21-18-12-15(28-4)7-10-17(13)18)22-23-20(25)14-5-8-16(9-6-14)29(26,27)24(2)3/h5-12H,1-4H3,(H,21,22)(H,23,25). The van der Waals surface area contributed by atoms with Crippen molar-refractivity contribution in [2.24, 2.45) is 0 Å². The molecule has 1 amide bonds. The lowest BCUT2D eigenvalue weighted by Gasteiger charge is -2.12. The van der Waals surface area contributed by atoms with Crippen LogP contribution in [0.5, 0.6) is 5.75 Å². The predicted molar refractivity (Wildman–Crippen MR) is 111 cm³/mol. The molecule has 0 spiro atoms. The van der Waals surface area contributed by atoms with E-state index in [9.17, 15) is 13.2 Å². The number of hydrogen-bond acceptors (Lipinski definition) is 6. The highest BCUT2D eigenvalue weighted by atomic mass is 32.2. The van der Waals surface area contributed by atoms with Crippen LogP contribution >= 0.6 is 0 Å². The van der Waals surface area contributed by atoms with Gasteiger partial charge >= 0.3 is 0 Å². The number of hydrazine groups is 1. The van der Waals surface area contributed by atoms with Gasteiger partial charge in [0.05, 0.1) is 17.5 Å². The van der Waals surface area contributed by atoms with Crippen LogP contribution in [-0.4, -0.2) is 44.8 Å². The third-order valence-electron chi connectivity index (χ3n) is 4.42. The largest absolute Gasteiger partial charge is 0.497 e. The number of carbonyl (C=O) groups is 1. The average Bonchev–Trinajstić information content (AvgIpc) is 2.71. The maximum absolute atomic E-state index is 12.4. The van der Waals surface area contributed by atoms with E-state index in [0.29, 0.717) is 17.1 Å². The summed E-state index contributed by atoms with van der Waals surface area (Å²) in [6.07, 6.45) is 0. The number of pyridine rings is 1. The summed E-state index contributed by atoms with van der Waals surface area (Å²) in [6.45, 7) is 1.95. The summed E-state index contributed by atoms with van der Waals surface area (Å²) >= 11 is 0. The monoisotopic (exact) mass is 414 g/mol. The van der Waals surface area contributed by atoms with Crippen molar-refractivity contribution in [2.75, 3.05) is 26.6 Å². The van der Waals surface area contributed by atoms with Crippen LogP contribution in [0.2, 0.25) is 0 Å². The summed E-state index contributed by atoms with van der Waals surface area (Å²) in [6, 6.07) is 13.1. The number of amides is 1. The summed E-state index contributed by atoms with van der Waals surface area (Å²) in [5.41, 5.74) is 7.42. The molecule has 9 heteroatoms. The van der Waals surface area contributed by atoms with E-state index in [2.05, 4.69) is 15.8 Å². The number of aromatic nitrogens is 1. The second-order valence-corrected chi connectivity index (χ2v) is 8.75. The van der Waals surface area contributed by atoms with E-state index >= 15 is 0 Å². The van der Waals surface area contributed by atoms with Gasteiger partial charge in [0.25, 0.3) is 5.91 Å². The fourth-order valence-electron chi connectivity index (χ4n) is 2.76. The lowest BCUT2D eigenvalue weighted by molar-refractivity contribution is 0.0962. The number of aryl methyl sites for hydroxylation is 1. The minimum absolute atomic E-state index is 0.118. The van der Waals surface area contributed by atoms with Crippen molar-refractivity contribution in [1.82, 2.24) is 14.7 Å². The summed E-state index contributed by atoms with van der Waals surface area (Å²) in [5, 5.41) is 0.986. The summed E-state index contributed by atoms with van der Waals surface area (Å²) in [7, 11) is 0.953. The topological polar surface area (TPSA) is 101 Å². The molecule has 0 aliphatic rings. The zero-order valence-electron chi connectivity index (χ0n) is 16.6. The summed E-state index contributed by atoms with van der Waals surface area (Å²) < 4.78 is 30.6. The Bertz CT molecular complexity index is 1160. The Kier molecular flexibility index (Phi) is 5.71. The number of benzene rings is 2. The van der Waals surface area contributed by atoms with E-state index in [1.165, 1.54) is 38.4 Å². The molecule has 3 rings (SSSR count). The second kappa shape index (κ2) is 8.06. The maximum Gasteiger partial charge on any atom is 0.269 e. The van der Waals surface area contributed by atoms with Crippen LogP contribution in [0.15, 0.2) is 53.4 Å². The number of nitrogens with zero attached hydrogens (tertiary/aromatic N) is 2. The van der Waals surface area contributed by atoms with Gasteiger partial charge in [-0.15, -0.1) is 0 Å². The van der Waals surface area contributed by atoms with Crippen LogP contribution < -0.4 is 15.6 Å². The summed E-state index contributed by atoms with van der Waals surface area (Å²) in [4.78, 5) is 17.0. The quantitative estimate of drug-likeness (QED) is 0.601. The summed E-state index contributed by atoms with van der Waals surface area (Å²) in [5.74, 6) is 0.755. The molecule has 1 heterocycles. The molecule has 0 aliphatic heterocycles. The van der Waals surface area contributed by atoms with E-state index in [1.807, 2.05) is 31.2 Å². The predicted octanol–water partition coefficient (Wildman–Crippen LogP) is 2.56. The zero-order chi connectivity index (χ0) is 21.2. The molecule has 8 nitrogen and oxygen atoms in total. The van der Waals surface area contributed by atoms with Crippen LogP contribution in [0.3, 0.4) is 0 Å². The molecule has 2 N–H and O–H groups in total. The Morgan fingerprint density at radius 1 is 1.07 bits per heavy atom. The first-order valence-corrected chi connectivity index (χ1v) is 10.2. The molecule has 0 saturated carbocycles. The Hall–Kier alpha value is -3.17. The minimum Gasteiger partial charge on any atom is -0.497 e. The van der Waals surface area contributed by atoms with E-state index in [4.69, 9.17) is 4.74 Å². The zero-order valence-corrected chi connectivity index (χ0v) is 17.4. The van der Waals surface area contributed by atoms with Gasteiger partial charge in [-0.1, -0.05) is 0 Å². The fourth-order valence-corrected chi connectivity index (χ4v) is 3.66. The van der Waals surface area contributed by atoms with E-state index in [0.717, 1.165) is 20.8 Å². The number of sulfonamides is 1. The molecular formula is C20H22N4O4S. The highest BCUT2D eigenvalue weighted by molar-refractivity contribution is 7.89. The van der Waals surface area contributed by atoms with Gasteiger partial charge in [0, 0.05) is 31.1 Å². The number of carbonyl (C=O) groups excluding carboxylic acids is 1. The molecular weight excluding hydrogens is 392 g/mol. The van der Waals surface area contributed by atoms with Crippen LogP contribution in [0.25, 0.3) is 10.9 Å². The first-order valence-electron chi connectivity index (χ1n) is 8.76. The molecule has 152 valence electrons. The number of nitrogens with one attached hydrogen (secondary N) is 2. The number of anilines is 1. The van der Waals surface area contributed by atoms with Gasteiger partial charge < -0.3 is 4.74 Å². The van der Waals surface area contributed by atoms with Crippen molar-refractivity contribution in [3.8, 4) is 5.75 Å². The number of methoxy groups -OCH3 is 1. The van der Waals surface area contributed by atoms with Crippen LogP contribution in [0.4, 0.5) is 5.82 Å². The molecule has 0 fully saturated rings. The molecule has 1 aromatic heterocycles.